The Kier molecular flexibility index (Phi) is 5.65. The summed E-state index contributed by atoms with van der Waals surface area (Å²) in [5, 5.41) is 39.6. The number of carboxylic acid groups (broad SMARTS) is 1. The number of hydrogen-bond donors (Lipinski definition) is 5. The van der Waals surface area contributed by atoms with Crippen LogP contribution < -0.4 is 10.6 Å². The Morgan fingerprint density at radius 3 is 2.29 bits per heavy atom. The van der Waals surface area contributed by atoms with Crippen LogP contribution in [0.25, 0.3) is 0 Å². The molecule has 2 aromatic carbocycles. The molecule has 4 rings (SSSR count). The van der Waals surface area contributed by atoms with E-state index in [4.69, 9.17) is 15.2 Å². The van der Waals surface area contributed by atoms with Gasteiger partial charge in [-0.25, -0.2) is 9.59 Å². The number of fused-ring (bicyclic) bond motifs is 2. The largest absolute Gasteiger partial charge is 0.479 e. The predicted octanol–water partition coefficient (Wildman–Crippen LogP) is 0.409. The number of ether oxygens (including phenoxy) is 2. The lowest BCUT2D eigenvalue weighted by Gasteiger charge is -2.39. The number of anilines is 2. The minimum Gasteiger partial charge on any atom is -0.479 e. The molecule has 10 nitrogen and oxygen atoms in total. The zero-order chi connectivity index (χ0) is 22.3. The average Bonchev–Trinajstić information content (AvgIpc) is 2.88. The number of amides is 2. The fourth-order valence-electron chi connectivity index (χ4n) is 3.99. The molecule has 1 fully saturated rings. The maximum Gasteiger partial charge on any atom is 0.335 e. The van der Waals surface area contributed by atoms with Gasteiger partial charge in [-0.3, -0.25) is 4.90 Å². The molecule has 2 amide bonds. The van der Waals surface area contributed by atoms with Gasteiger partial charge >= 0.3 is 12.0 Å². The Morgan fingerprint density at radius 1 is 0.968 bits per heavy atom. The fraction of sp³-hybridized carbons (Fsp3) is 0.333. The number of aliphatic carboxylic acids is 1. The summed E-state index contributed by atoms with van der Waals surface area (Å²) in [6.07, 6.45) is -9.14. The highest BCUT2D eigenvalue weighted by Crippen LogP contribution is 2.42. The van der Waals surface area contributed by atoms with Gasteiger partial charge in [0, 0.05) is 12.0 Å². The molecule has 2 heterocycles. The van der Waals surface area contributed by atoms with Crippen LogP contribution in [-0.2, 0) is 20.7 Å². The molecule has 2 aliphatic heterocycles. The number of rotatable bonds is 3. The van der Waals surface area contributed by atoms with Crippen molar-refractivity contribution in [2.24, 2.45) is 5.73 Å². The van der Waals surface area contributed by atoms with Crippen LogP contribution in [0.15, 0.2) is 48.5 Å². The number of primary amides is 1. The van der Waals surface area contributed by atoms with E-state index in [9.17, 15) is 30.0 Å². The quantitative estimate of drug-likeness (QED) is 0.467. The van der Waals surface area contributed by atoms with Crippen molar-refractivity contribution in [1.82, 2.24) is 0 Å². The molecule has 0 aromatic heterocycles. The van der Waals surface area contributed by atoms with Crippen LogP contribution in [0.4, 0.5) is 16.2 Å². The minimum atomic E-state index is -1.82. The first kappa shape index (κ1) is 21.2. The monoisotopic (exact) mass is 430 g/mol. The first-order valence-electron chi connectivity index (χ1n) is 9.64. The van der Waals surface area contributed by atoms with Gasteiger partial charge in [0.25, 0.3) is 0 Å². The van der Waals surface area contributed by atoms with Gasteiger partial charge in [0.1, 0.15) is 18.3 Å². The minimum absolute atomic E-state index is 0.250. The van der Waals surface area contributed by atoms with E-state index in [2.05, 4.69) is 0 Å². The predicted molar refractivity (Wildman–Crippen MR) is 106 cm³/mol. The number of aliphatic hydroxyl groups is 3. The zero-order valence-corrected chi connectivity index (χ0v) is 16.2. The van der Waals surface area contributed by atoms with Crippen molar-refractivity contribution < 1.29 is 39.5 Å². The molecule has 0 spiro atoms. The molecular weight excluding hydrogens is 408 g/mol. The maximum atomic E-state index is 12.3. The number of hydrogen-bond acceptors (Lipinski definition) is 7. The Bertz CT molecular complexity index is 999. The van der Waals surface area contributed by atoms with Gasteiger partial charge in [-0.1, -0.05) is 36.4 Å². The van der Waals surface area contributed by atoms with Crippen LogP contribution in [0, 0.1) is 0 Å². The number of carbonyl (C=O) groups is 2. The average molecular weight is 430 g/mol. The number of nitrogens with two attached hydrogens (primary N) is 1. The third-order valence-electron chi connectivity index (χ3n) is 5.49. The molecule has 10 heteroatoms. The van der Waals surface area contributed by atoms with Crippen LogP contribution in [0.2, 0.25) is 0 Å². The second-order valence-electron chi connectivity index (χ2n) is 7.43. The van der Waals surface area contributed by atoms with Crippen LogP contribution in [-0.4, -0.2) is 63.1 Å². The van der Waals surface area contributed by atoms with E-state index in [1.54, 1.807) is 48.5 Å². The van der Waals surface area contributed by atoms with Crippen molar-refractivity contribution in [2.75, 3.05) is 4.90 Å². The molecule has 0 saturated carbocycles. The van der Waals surface area contributed by atoms with Gasteiger partial charge in [-0.15, -0.1) is 0 Å². The molecule has 164 valence electrons. The van der Waals surface area contributed by atoms with Crippen molar-refractivity contribution in [3.63, 3.8) is 0 Å². The lowest BCUT2D eigenvalue weighted by Crippen LogP contribution is -2.60. The fourth-order valence-corrected chi connectivity index (χ4v) is 3.99. The van der Waals surface area contributed by atoms with Crippen LogP contribution in [0.3, 0.4) is 0 Å². The second kappa shape index (κ2) is 8.25. The molecule has 0 radical (unpaired) electrons. The number of carbonyl (C=O) groups excluding carboxylic acids is 1. The van der Waals surface area contributed by atoms with Crippen molar-refractivity contribution in [2.45, 2.75) is 43.2 Å². The molecule has 1 saturated heterocycles. The molecule has 0 aliphatic carbocycles. The van der Waals surface area contributed by atoms with Gasteiger partial charge in [0.2, 0.25) is 0 Å². The molecule has 0 bridgehead atoms. The van der Waals surface area contributed by atoms with Gasteiger partial charge in [0.05, 0.1) is 17.5 Å². The van der Waals surface area contributed by atoms with Crippen molar-refractivity contribution in [1.29, 1.82) is 0 Å². The number of aliphatic hydroxyl groups excluding tert-OH is 3. The van der Waals surface area contributed by atoms with E-state index >= 15 is 0 Å². The molecular formula is C21H22N2O8. The number of benzene rings is 2. The third kappa shape index (κ3) is 3.75. The van der Waals surface area contributed by atoms with Crippen molar-refractivity contribution in [3.05, 3.63) is 59.7 Å². The second-order valence-corrected chi connectivity index (χ2v) is 7.43. The van der Waals surface area contributed by atoms with E-state index in [0.29, 0.717) is 16.9 Å². The molecule has 0 unspecified atom stereocenters. The molecule has 2 aromatic rings. The molecule has 6 N–H and O–H groups in total. The van der Waals surface area contributed by atoms with Crippen LogP contribution >= 0.6 is 0 Å². The van der Waals surface area contributed by atoms with E-state index in [-0.39, 0.29) is 6.42 Å². The summed E-state index contributed by atoms with van der Waals surface area (Å²) in [6, 6.07) is 13.3. The Morgan fingerprint density at radius 2 is 1.61 bits per heavy atom. The summed E-state index contributed by atoms with van der Waals surface area (Å²) in [4.78, 5) is 25.0. The van der Waals surface area contributed by atoms with E-state index in [1.807, 2.05) is 0 Å². The van der Waals surface area contributed by atoms with Gasteiger partial charge < -0.3 is 35.6 Å². The van der Waals surface area contributed by atoms with E-state index in [1.165, 1.54) is 4.90 Å². The summed E-state index contributed by atoms with van der Waals surface area (Å²) in [5.74, 6) is -1.50. The highest BCUT2D eigenvalue weighted by Gasteiger charge is 2.48. The smallest absolute Gasteiger partial charge is 0.335 e. The standard InChI is InChI=1S/C21H22N2O8/c22-21(29)23-12-7-3-1-5-10(12)9-14(11-6-2-4-8-13(11)23)30-20-17(26)15(24)16(25)18(31-20)19(27)28/h1-8,14-18,20,24-26H,9H2,(H2,22,29)(H,27,28)/t14-,15+,16+,17+,18-,20-/m1/s1. The summed E-state index contributed by atoms with van der Waals surface area (Å²) in [7, 11) is 0. The Hall–Kier alpha value is -3.02. The van der Waals surface area contributed by atoms with Gasteiger partial charge in [-0.05, 0) is 17.7 Å². The molecule has 31 heavy (non-hydrogen) atoms. The summed E-state index contributed by atoms with van der Waals surface area (Å²) < 4.78 is 11.2. The van der Waals surface area contributed by atoms with E-state index in [0.717, 1.165) is 5.56 Å². The highest BCUT2D eigenvalue weighted by atomic mass is 16.7. The summed E-state index contributed by atoms with van der Waals surface area (Å²) >= 11 is 0. The lowest BCUT2D eigenvalue weighted by molar-refractivity contribution is -0.305. The number of urea groups is 1. The third-order valence-corrected chi connectivity index (χ3v) is 5.49. The Labute approximate surface area is 177 Å². The van der Waals surface area contributed by atoms with Crippen molar-refractivity contribution >= 4 is 23.4 Å². The van der Waals surface area contributed by atoms with Crippen LogP contribution in [0.1, 0.15) is 17.2 Å². The topological polar surface area (TPSA) is 163 Å². The zero-order valence-electron chi connectivity index (χ0n) is 16.2. The number of nitrogens with zero attached hydrogens (tertiary/aromatic N) is 1. The summed E-state index contributed by atoms with van der Waals surface area (Å²) in [6.45, 7) is 0. The molecule has 2 aliphatic rings. The SMILES string of the molecule is NC(=O)N1c2ccccc2C[C@@H](O[C@@H]2O[C@@H](C(=O)O)[C@@H](O)[C@H](O)[C@@H]2O)c2ccccc21. The van der Waals surface area contributed by atoms with E-state index < -0.39 is 48.8 Å². The van der Waals surface area contributed by atoms with Gasteiger partial charge in [0.15, 0.2) is 12.4 Å². The van der Waals surface area contributed by atoms with Crippen molar-refractivity contribution in [3.8, 4) is 0 Å². The number of carboxylic acids is 1. The van der Waals surface area contributed by atoms with Crippen LogP contribution in [0.5, 0.6) is 0 Å². The normalized spacial score (nSPS) is 30.1. The first-order chi connectivity index (χ1) is 14.8. The number of para-hydroxylation sites is 2. The maximum absolute atomic E-state index is 12.3. The lowest BCUT2D eigenvalue weighted by atomic mass is 9.98. The summed E-state index contributed by atoms with van der Waals surface area (Å²) in [5.41, 5.74) is 7.97. The highest BCUT2D eigenvalue weighted by molar-refractivity contribution is 6.00. The Balaban J connectivity index is 1.74. The first-order valence-corrected chi connectivity index (χ1v) is 9.64. The van der Waals surface area contributed by atoms with Gasteiger partial charge in [-0.2, -0.15) is 0 Å². The molecule has 6 atom stereocenters.